The number of halogens is 25. The molecule has 4 heterocycles. The third-order valence-corrected chi connectivity index (χ3v) is 14.2. The van der Waals surface area contributed by atoms with Crippen LogP contribution in [-0.2, 0) is 70.4 Å². The summed E-state index contributed by atoms with van der Waals surface area (Å²) in [5, 5.41) is -0.157. The largest absolute Gasteiger partial charge is 0.416 e. The maximum absolute atomic E-state index is 14.4. The zero-order valence-corrected chi connectivity index (χ0v) is 41.5. The third kappa shape index (κ3) is 14.9. The Labute approximate surface area is 446 Å². The van der Waals surface area contributed by atoms with Gasteiger partial charge < -0.3 is 15.5 Å². The zero-order valence-electron chi connectivity index (χ0n) is 40.8. The van der Waals surface area contributed by atoms with Crippen LogP contribution < -0.4 is 15.5 Å². The van der Waals surface area contributed by atoms with E-state index in [0.29, 0.717) is 31.2 Å². The predicted octanol–water partition coefficient (Wildman–Crippen LogP) is 15.2. The summed E-state index contributed by atoms with van der Waals surface area (Å²) in [5.41, 5.74) is -15.0. The van der Waals surface area contributed by atoms with Gasteiger partial charge in [0.1, 0.15) is 28.2 Å². The molecule has 2 unspecified atom stereocenters. The second-order valence-corrected chi connectivity index (χ2v) is 19.9. The Bertz CT molecular complexity index is 2870. The lowest BCUT2D eigenvalue weighted by Crippen LogP contribution is -2.45. The molecule has 4 fully saturated rings. The fourth-order valence-electron chi connectivity index (χ4n) is 9.09. The van der Waals surface area contributed by atoms with E-state index in [2.05, 4.69) is 9.97 Å². The van der Waals surface area contributed by atoms with E-state index in [0.717, 1.165) is 28.8 Å². The normalized spacial score (nSPS) is 20.4. The molecule has 2 aromatic carbocycles. The van der Waals surface area contributed by atoms with Crippen molar-refractivity contribution in [2.45, 2.75) is 118 Å². The number of nitrogens with zero attached hydrogens (tertiary/aromatic N) is 4. The van der Waals surface area contributed by atoms with Crippen LogP contribution in [-0.4, -0.2) is 59.5 Å². The van der Waals surface area contributed by atoms with Gasteiger partial charge in [0.2, 0.25) is 5.24 Å². The lowest BCUT2D eigenvalue weighted by molar-refractivity contribution is -0.185. The molecule has 7 nitrogen and oxygen atoms in total. The van der Waals surface area contributed by atoms with Crippen molar-refractivity contribution in [2.24, 2.45) is 17.6 Å². The third-order valence-electron chi connectivity index (χ3n) is 13.9. The van der Waals surface area contributed by atoms with Crippen molar-refractivity contribution in [3.05, 3.63) is 117 Å². The van der Waals surface area contributed by atoms with Crippen LogP contribution in [0.1, 0.15) is 101 Å². The number of benzene rings is 2. The van der Waals surface area contributed by atoms with E-state index in [-0.39, 0.29) is 77.7 Å². The first kappa shape index (κ1) is 64.4. The van der Waals surface area contributed by atoms with E-state index in [1.54, 1.807) is 0 Å². The van der Waals surface area contributed by atoms with Crippen molar-refractivity contribution in [3.8, 4) is 0 Å². The molecule has 2 N–H and O–H groups in total. The van der Waals surface area contributed by atoms with Crippen molar-refractivity contribution >= 4 is 34.3 Å². The Hall–Kier alpha value is -5.75. The van der Waals surface area contributed by atoms with Gasteiger partial charge in [-0.2, -0.15) is 105 Å². The number of alkyl halides is 24. The van der Waals surface area contributed by atoms with Crippen molar-refractivity contribution in [1.82, 2.24) is 9.97 Å². The molecule has 2 saturated heterocycles. The monoisotopic (exact) mass is 1220 g/mol. The number of hydrogen-bond acceptors (Lipinski definition) is 7. The van der Waals surface area contributed by atoms with Crippen molar-refractivity contribution in [1.29, 1.82) is 0 Å². The molecule has 2 atom stereocenters. The first-order valence-electron chi connectivity index (χ1n) is 23.6. The van der Waals surface area contributed by atoms with Crippen LogP contribution >= 0.6 is 11.6 Å². The molecule has 0 amide bonds. The Morgan fingerprint density at radius 3 is 1.10 bits per heavy atom. The Morgan fingerprint density at radius 1 is 0.494 bits per heavy atom. The molecule has 0 radical (unpaired) electrons. The molecule has 2 aromatic heterocycles. The van der Waals surface area contributed by atoms with Gasteiger partial charge in [-0.1, -0.05) is 0 Å². The highest BCUT2D eigenvalue weighted by Gasteiger charge is 2.62. The SMILES string of the molecule is NCc1cnc(N2CCC(c3cc(C(F)(F)F)cc(C(F)(F)F)c3)(C(F)(F)F)C2)cc1C(F)(F)F.O=C(CCc1cnc(N2CCC(c3cc(C(F)(F)F)cc(C(F)(F)F)c3)(C(F)(F)F)C2)cc1C(F)(F)F)C1CC1.O=C(Cl)C1CC1. The van der Waals surface area contributed by atoms with Crippen LogP contribution in [0.4, 0.5) is 117 Å². The summed E-state index contributed by atoms with van der Waals surface area (Å²) in [6.07, 6.45) is -39.9. The Balaban J connectivity index is 0.000000237. The van der Waals surface area contributed by atoms with Gasteiger partial charge in [-0.3, -0.25) is 9.59 Å². The Morgan fingerprint density at radius 2 is 0.827 bits per heavy atom. The highest BCUT2D eigenvalue weighted by atomic mass is 35.5. The number of carbonyl (C=O) groups excluding carboxylic acids is 2. The molecule has 8 rings (SSSR count). The number of nitrogens with two attached hydrogens (primary N) is 1. The average Bonchev–Trinajstić information content (AvgIpc) is 4.39. The average molecular weight is 1220 g/mol. The standard InChI is InChI=1S/C25H20F12N2O.C20H15F12N3.C4H5ClO/c26-22(27,28)16-7-15(8-17(9-16)23(29,30)31)21(25(35,36)37)5-6-39(12-21)20-10-18(24(32,33)34)14(11-38-20)3-4-19(40)13-1-2-13;21-17(22,23)12-3-11(4-13(5-12)18(24,25)26)16(20(30,31)32)1-2-35(9-16)15-6-14(19(27,28)29)10(7-33)8-34-15;5-4(6)3-1-2-3/h7-11,13H,1-6,12H2;3-6,8H,1-2,7,9,33H2;3H,1-2H2. The van der Waals surface area contributed by atoms with Crippen LogP contribution in [0.2, 0.25) is 0 Å². The second kappa shape index (κ2) is 22.4. The minimum Gasteiger partial charge on any atom is -0.355 e. The fraction of sp³-hybridized carbons (Fsp3) is 0.510. The summed E-state index contributed by atoms with van der Waals surface area (Å²) in [4.78, 5) is 30.9. The molecular formula is C49H40ClF24N5O2. The topological polar surface area (TPSA) is 92.4 Å². The van der Waals surface area contributed by atoms with Gasteiger partial charge in [-0.25, -0.2) is 9.97 Å². The summed E-state index contributed by atoms with van der Waals surface area (Å²) in [6, 6.07) is 0.268. The van der Waals surface area contributed by atoms with Crippen LogP contribution in [0.5, 0.6) is 0 Å². The summed E-state index contributed by atoms with van der Waals surface area (Å²) in [5.74, 6) is -1.35. The molecule has 4 aliphatic rings. The summed E-state index contributed by atoms with van der Waals surface area (Å²) in [7, 11) is 0. The molecule has 2 aliphatic carbocycles. The molecule has 81 heavy (non-hydrogen) atoms. The fourth-order valence-corrected chi connectivity index (χ4v) is 9.31. The minimum atomic E-state index is -5.40. The van der Waals surface area contributed by atoms with E-state index >= 15 is 0 Å². The number of pyridine rings is 2. The van der Waals surface area contributed by atoms with Gasteiger partial charge in [0.05, 0.1) is 33.4 Å². The molecule has 2 aliphatic heterocycles. The van der Waals surface area contributed by atoms with Crippen LogP contribution in [0, 0.1) is 11.8 Å². The number of anilines is 2. The first-order chi connectivity index (χ1) is 36.8. The van der Waals surface area contributed by atoms with E-state index in [1.807, 2.05) is 0 Å². The highest BCUT2D eigenvalue weighted by Crippen LogP contribution is 2.53. The van der Waals surface area contributed by atoms with Gasteiger partial charge >= 0.3 is 49.4 Å². The highest BCUT2D eigenvalue weighted by molar-refractivity contribution is 6.64. The molecule has 0 spiro atoms. The van der Waals surface area contributed by atoms with Crippen molar-refractivity contribution in [3.63, 3.8) is 0 Å². The van der Waals surface area contributed by atoms with Gasteiger partial charge in [0.25, 0.3) is 0 Å². The number of ketones is 1. The van der Waals surface area contributed by atoms with E-state index in [4.69, 9.17) is 17.3 Å². The van der Waals surface area contributed by atoms with E-state index in [9.17, 15) is 115 Å². The first-order valence-corrected chi connectivity index (χ1v) is 24.0. The second-order valence-electron chi connectivity index (χ2n) is 19.5. The molecule has 32 heteroatoms. The maximum Gasteiger partial charge on any atom is 0.416 e. The van der Waals surface area contributed by atoms with Crippen molar-refractivity contribution in [2.75, 3.05) is 36.0 Å². The van der Waals surface area contributed by atoms with Crippen LogP contribution in [0.15, 0.2) is 60.9 Å². The predicted molar refractivity (Wildman–Crippen MR) is 238 cm³/mol. The lowest BCUT2D eigenvalue weighted by atomic mass is 9.77. The summed E-state index contributed by atoms with van der Waals surface area (Å²) in [6.45, 7) is -4.39. The minimum absolute atomic E-state index is 0.0131. The van der Waals surface area contributed by atoms with Crippen LogP contribution in [0.3, 0.4) is 0 Å². The van der Waals surface area contributed by atoms with Gasteiger partial charge in [0.15, 0.2) is 0 Å². The quantitative estimate of drug-likeness (QED) is 0.125. The summed E-state index contributed by atoms with van der Waals surface area (Å²) >= 11 is 5.04. The molecule has 4 aromatic rings. The van der Waals surface area contributed by atoms with Gasteiger partial charge in [-0.05, 0) is 127 Å². The van der Waals surface area contributed by atoms with E-state index < -0.39 is 168 Å². The van der Waals surface area contributed by atoms with Gasteiger partial charge in [-0.15, -0.1) is 0 Å². The number of aryl methyl sites for hydroxylation is 1. The molecular weight excluding hydrogens is 1180 g/mol. The number of aromatic nitrogens is 2. The maximum atomic E-state index is 14.4. The molecule has 448 valence electrons. The van der Waals surface area contributed by atoms with E-state index in [1.165, 1.54) is 0 Å². The van der Waals surface area contributed by atoms with Crippen LogP contribution in [0.25, 0.3) is 0 Å². The zero-order chi connectivity index (χ0) is 61.1. The van der Waals surface area contributed by atoms with Crippen molar-refractivity contribution < 1.29 is 115 Å². The molecule has 2 saturated carbocycles. The number of carbonyl (C=O) groups is 2. The lowest BCUT2D eigenvalue weighted by Gasteiger charge is -2.33. The number of rotatable bonds is 10. The Kier molecular flexibility index (Phi) is 17.8. The number of hydrogen-bond donors (Lipinski definition) is 1. The smallest absolute Gasteiger partial charge is 0.355 e. The van der Waals surface area contributed by atoms with Gasteiger partial charge in [0, 0.05) is 63.4 Å². The number of Topliss-reactive ketones (excluding diaryl/α,β-unsaturated/α-hetero) is 1. The molecule has 0 bridgehead atoms. The summed E-state index contributed by atoms with van der Waals surface area (Å²) < 4.78 is 327.